The molecule has 0 bridgehead atoms. The number of nitrogen functional groups attached to an aromatic ring is 1. The molecule has 6 nitrogen and oxygen atoms in total. The van der Waals surface area contributed by atoms with E-state index in [1.54, 1.807) is 4.68 Å². The van der Waals surface area contributed by atoms with Gasteiger partial charge in [0.1, 0.15) is 6.54 Å². The van der Waals surface area contributed by atoms with Crippen molar-refractivity contribution in [2.24, 2.45) is 5.92 Å². The molecule has 106 valence electrons. The summed E-state index contributed by atoms with van der Waals surface area (Å²) in [5.74, 6) is 0.375. The highest BCUT2D eigenvalue weighted by Gasteiger charge is 2.23. The van der Waals surface area contributed by atoms with Crippen molar-refractivity contribution in [3.8, 4) is 0 Å². The molecule has 1 amide bonds. The van der Waals surface area contributed by atoms with E-state index in [1.807, 2.05) is 20.8 Å². The maximum Gasteiger partial charge on any atom is 0.241 e. The average molecular weight is 266 g/mol. The molecule has 3 N–H and O–H groups in total. The van der Waals surface area contributed by atoms with E-state index in [-0.39, 0.29) is 18.5 Å². The van der Waals surface area contributed by atoms with E-state index in [0.29, 0.717) is 11.6 Å². The lowest BCUT2D eigenvalue weighted by Gasteiger charge is -2.19. The smallest absolute Gasteiger partial charge is 0.241 e. The predicted octanol–water partition coefficient (Wildman–Crippen LogP) is 0.623. The van der Waals surface area contributed by atoms with Gasteiger partial charge < -0.3 is 15.8 Å². The molecule has 0 spiro atoms. The highest BCUT2D eigenvalue weighted by molar-refractivity contribution is 5.76. The van der Waals surface area contributed by atoms with Gasteiger partial charge in [-0.1, -0.05) is 0 Å². The fourth-order valence-electron chi connectivity index (χ4n) is 2.37. The number of hydrogen-bond donors (Lipinski definition) is 2. The normalized spacial score (nSPS) is 20.5. The Kier molecular flexibility index (Phi) is 4.09. The third-order valence-electron chi connectivity index (χ3n) is 3.79. The molecule has 1 fully saturated rings. The standard InChI is InChI=1S/C13H22N4O2/c1-8(11-4-5-19-7-11)15-12(18)6-17-10(3)13(14)9(2)16-17/h8,11H,4-7,14H2,1-3H3,(H,15,18). The van der Waals surface area contributed by atoms with Crippen LogP contribution in [0.4, 0.5) is 5.69 Å². The van der Waals surface area contributed by atoms with Gasteiger partial charge in [-0.3, -0.25) is 9.48 Å². The molecule has 6 heteroatoms. The highest BCUT2D eigenvalue weighted by atomic mass is 16.5. The van der Waals surface area contributed by atoms with Gasteiger partial charge in [-0.2, -0.15) is 5.10 Å². The first-order valence-electron chi connectivity index (χ1n) is 6.65. The van der Waals surface area contributed by atoms with Crippen molar-refractivity contribution in [1.29, 1.82) is 0 Å². The fourth-order valence-corrected chi connectivity index (χ4v) is 2.37. The van der Waals surface area contributed by atoms with E-state index >= 15 is 0 Å². The molecule has 2 rings (SSSR count). The minimum Gasteiger partial charge on any atom is -0.396 e. The molecule has 2 heterocycles. The second-order valence-corrected chi connectivity index (χ2v) is 5.22. The number of carbonyl (C=O) groups is 1. The number of anilines is 1. The van der Waals surface area contributed by atoms with E-state index in [1.165, 1.54) is 0 Å². The van der Waals surface area contributed by atoms with Crippen LogP contribution in [0, 0.1) is 19.8 Å². The van der Waals surface area contributed by atoms with Crippen molar-refractivity contribution in [2.75, 3.05) is 18.9 Å². The first kappa shape index (κ1) is 13.9. The lowest BCUT2D eigenvalue weighted by Crippen LogP contribution is -2.40. The van der Waals surface area contributed by atoms with Crippen LogP contribution >= 0.6 is 0 Å². The van der Waals surface area contributed by atoms with Crippen molar-refractivity contribution < 1.29 is 9.53 Å². The molecule has 2 unspecified atom stereocenters. The molecule has 1 aromatic heterocycles. The number of carbonyl (C=O) groups excluding carboxylic acids is 1. The lowest BCUT2D eigenvalue weighted by molar-refractivity contribution is -0.122. The molecule has 0 saturated carbocycles. The van der Waals surface area contributed by atoms with Crippen molar-refractivity contribution in [2.45, 2.75) is 39.8 Å². The van der Waals surface area contributed by atoms with Gasteiger partial charge in [0.25, 0.3) is 0 Å². The third kappa shape index (κ3) is 3.07. The van der Waals surface area contributed by atoms with Crippen LogP contribution in [0.5, 0.6) is 0 Å². The van der Waals surface area contributed by atoms with Gasteiger partial charge in [0.15, 0.2) is 0 Å². The molecular formula is C13H22N4O2. The first-order valence-corrected chi connectivity index (χ1v) is 6.65. The fraction of sp³-hybridized carbons (Fsp3) is 0.692. The van der Waals surface area contributed by atoms with Crippen LogP contribution in [0.3, 0.4) is 0 Å². The topological polar surface area (TPSA) is 82.2 Å². The minimum absolute atomic E-state index is 0.0370. The Bertz CT molecular complexity index is 463. The van der Waals surface area contributed by atoms with Gasteiger partial charge >= 0.3 is 0 Å². The summed E-state index contributed by atoms with van der Waals surface area (Å²) in [5.41, 5.74) is 8.11. The summed E-state index contributed by atoms with van der Waals surface area (Å²) in [6.07, 6.45) is 1.01. The number of nitrogens with two attached hydrogens (primary N) is 1. The Morgan fingerprint density at radius 2 is 2.37 bits per heavy atom. The molecule has 0 aliphatic carbocycles. The SMILES string of the molecule is Cc1nn(CC(=O)NC(C)C2CCOC2)c(C)c1N. The number of aromatic nitrogens is 2. The molecule has 0 aromatic carbocycles. The molecule has 0 radical (unpaired) electrons. The van der Waals surface area contributed by atoms with Crippen molar-refractivity contribution in [3.05, 3.63) is 11.4 Å². The van der Waals surface area contributed by atoms with Crippen LogP contribution < -0.4 is 11.1 Å². The average Bonchev–Trinajstić information content (AvgIpc) is 2.96. The molecule has 1 aliphatic rings. The van der Waals surface area contributed by atoms with Crippen LogP contribution in [0.15, 0.2) is 0 Å². The second kappa shape index (κ2) is 5.61. The van der Waals surface area contributed by atoms with Crippen LogP contribution in [-0.2, 0) is 16.1 Å². The summed E-state index contributed by atoms with van der Waals surface area (Å²) in [7, 11) is 0. The molecule has 1 aromatic rings. The maximum absolute atomic E-state index is 12.0. The number of nitrogens with zero attached hydrogens (tertiary/aromatic N) is 2. The van der Waals surface area contributed by atoms with Crippen LogP contribution in [0.2, 0.25) is 0 Å². The molecule has 19 heavy (non-hydrogen) atoms. The van der Waals surface area contributed by atoms with E-state index in [0.717, 1.165) is 31.0 Å². The summed E-state index contributed by atoms with van der Waals surface area (Å²) < 4.78 is 6.98. The van der Waals surface area contributed by atoms with E-state index in [4.69, 9.17) is 10.5 Å². The van der Waals surface area contributed by atoms with Crippen LogP contribution in [-0.4, -0.2) is 34.9 Å². The highest BCUT2D eigenvalue weighted by Crippen LogP contribution is 2.17. The summed E-state index contributed by atoms with van der Waals surface area (Å²) in [6, 6.07) is 0.129. The molecule has 1 saturated heterocycles. The zero-order valence-corrected chi connectivity index (χ0v) is 11.8. The van der Waals surface area contributed by atoms with Crippen LogP contribution in [0.1, 0.15) is 24.7 Å². The van der Waals surface area contributed by atoms with Crippen molar-refractivity contribution in [3.63, 3.8) is 0 Å². The number of hydrogen-bond acceptors (Lipinski definition) is 4. The lowest BCUT2D eigenvalue weighted by atomic mass is 10.0. The van der Waals surface area contributed by atoms with Gasteiger partial charge in [0.2, 0.25) is 5.91 Å². The Morgan fingerprint density at radius 3 is 2.89 bits per heavy atom. The Balaban J connectivity index is 1.91. The number of ether oxygens (including phenoxy) is 1. The van der Waals surface area contributed by atoms with Gasteiger partial charge in [0.05, 0.1) is 23.7 Å². The maximum atomic E-state index is 12.0. The largest absolute Gasteiger partial charge is 0.396 e. The van der Waals surface area contributed by atoms with Crippen LogP contribution in [0.25, 0.3) is 0 Å². The summed E-state index contributed by atoms with van der Waals surface area (Å²) in [6.45, 7) is 7.47. The molecule has 2 atom stereocenters. The summed E-state index contributed by atoms with van der Waals surface area (Å²) in [5, 5.41) is 7.27. The van der Waals surface area contributed by atoms with E-state index in [2.05, 4.69) is 10.4 Å². The number of aryl methyl sites for hydroxylation is 1. The summed E-state index contributed by atoms with van der Waals surface area (Å²) >= 11 is 0. The number of rotatable bonds is 4. The molecule has 1 aliphatic heterocycles. The number of nitrogens with one attached hydrogen (secondary N) is 1. The van der Waals surface area contributed by atoms with E-state index in [9.17, 15) is 4.79 Å². The third-order valence-corrected chi connectivity index (χ3v) is 3.79. The van der Waals surface area contributed by atoms with Gasteiger partial charge in [-0.25, -0.2) is 0 Å². The van der Waals surface area contributed by atoms with E-state index < -0.39 is 0 Å². The van der Waals surface area contributed by atoms with Gasteiger partial charge in [0, 0.05) is 18.6 Å². The monoisotopic (exact) mass is 266 g/mol. The van der Waals surface area contributed by atoms with Crippen molar-refractivity contribution in [1.82, 2.24) is 15.1 Å². The Labute approximate surface area is 113 Å². The van der Waals surface area contributed by atoms with Crippen molar-refractivity contribution >= 4 is 11.6 Å². The first-order chi connectivity index (χ1) is 8.99. The number of amides is 1. The zero-order valence-electron chi connectivity index (χ0n) is 11.8. The minimum atomic E-state index is -0.0370. The Morgan fingerprint density at radius 1 is 1.63 bits per heavy atom. The zero-order chi connectivity index (χ0) is 14.0. The van der Waals surface area contributed by atoms with Gasteiger partial charge in [-0.15, -0.1) is 0 Å². The quantitative estimate of drug-likeness (QED) is 0.837. The molecular weight excluding hydrogens is 244 g/mol. The second-order valence-electron chi connectivity index (χ2n) is 5.22. The predicted molar refractivity (Wildman–Crippen MR) is 72.6 cm³/mol. The summed E-state index contributed by atoms with van der Waals surface area (Å²) in [4.78, 5) is 12.0. The van der Waals surface area contributed by atoms with Gasteiger partial charge in [-0.05, 0) is 27.2 Å². The Hall–Kier alpha value is -1.56.